The molecule has 5 nitrogen and oxygen atoms in total. The molecular weight excluding hydrogens is 311 g/mol. The van der Waals surface area contributed by atoms with E-state index in [2.05, 4.69) is 21.5 Å². The molecule has 0 aliphatic carbocycles. The highest BCUT2D eigenvalue weighted by atomic mass is 35.5. The molecule has 7 heteroatoms. The number of hydrogen-bond acceptors (Lipinski definition) is 4. The van der Waals surface area contributed by atoms with Crippen LogP contribution in [0.1, 0.15) is 30.9 Å². The number of nitrogens with zero attached hydrogens (tertiary/aromatic N) is 3. The summed E-state index contributed by atoms with van der Waals surface area (Å²) in [7, 11) is 1.97. The van der Waals surface area contributed by atoms with Crippen molar-refractivity contribution in [2.75, 3.05) is 32.8 Å². The second-order valence-corrected chi connectivity index (χ2v) is 5.65. The first-order valence-electron chi connectivity index (χ1n) is 7.39. The number of likely N-dealkylation sites (tertiary alicyclic amines) is 1. The number of hydrogen-bond donors (Lipinski definition) is 1. The van der Waals surface area contributed by atoms with Crippen LogP contribution >= 0.6 is 24.8 Å². The smallest absolute Gasteiger partial charge is 0.0898 e. The molecule has 0 amide bonds. The van der Waals surface area contributed by atoms with Gasteiger partial charge >= 0.3 is 0 Å². The number of morpholine rings is 1. The third-order valence-corrected chi connectivity index (χ3v) is 4.14. The predicted octanol–water partition coefficient (Wildman–Crippen LogP) is 1.78. The fourth-order valence-electron chi connectivity index (χ4n) is 3.14. The van der Waals surface area contributed by atoms with Crippen molar-refractivity contribution >= 4 is 24.8 Å². The molecule has 0 saturated carbocycles. The lowest BCUT2D eigenvalue weighted by atomic mass is 10.0. The van der Waals surface area contributed by atoms with E-state index < -0.39 is 0 Å². The summed E-state index contributed by atoms with van der Waals surface area (Å²) in [6, 6.07) is 0.282. The molecule has 122 valence electrons. The average Bonchev–Trinajstić information content (AvgIpc) is 2.87. The van der Waals surface area contributed by atoms with Crippen molar-refractivity contribution in [1.82, 2.24) is 20.0 Å². The van der Waals surface area contributed by atoms with E-state index in [0.717, 1.165) is 19.7 Å². The molecule has 2 saturated heterocycles. The van der Waals surface area contributed by atoms with Crippen molar-refractivity contribution in [3.63, 3.8) is 0 Å². The predicted molar refractivity (Wildman–Crippen MR) is 88.5 cm³/mol. The lowest BCUT2D eigenvalue weighted by Crippen LogP contribution is -2.48. The Morgan fingerprint density at radius 1 is 1.29 bits per heavy atom. The van der Waals surface area contributed by atoms with Gasteiger partial charge in [0, 0.05) is 31.9 Å². The van der Waals surface area contributed by atoms with Crippen LogP contribution < -0.4 is 5.32 Å². The zero-order chi connectivity index (χ0) is 13.1. The SMILES string of the molecule is Cl.Cl.Cn1cc([C@@H]2NCCO[C@H]2CN2CCCCC2)cn1. The van der Waals surface area contributed by atoms with Crippen molar-refractivity contribution in [2.45, 2.75) is 31.4 Å². The van der Waals surface area contributed by atoms with E-state index in [1.165, 1.54) is 37.9 Å². The van der Waals surface area contributed by atoms with E-state index in [4.69, 9.17) is 4.74 Å². The van der Waals surface area contributed by atoms with Gasteiger partial charge in [0.15, 0.2) is 0 Å². The fourth-order valence-corrected chi connectivity index (χ4v) is 3.14. The number of ether oxygens (including phenoxy) is 1. The van der Waals surface area contributed by atoms with Gasteiger partial charge < -0.3 is 15.0 Å². The van der Waals surface area contributed by atoms with Crippen LogP contribution in [0, 0.1) is 0 Å². The van der Waals surface area contributed by atoms with Gasteiger partial charge in [0.25, 0.3) is 0 Å². The summed E-state index contributed by atoms with van der Waals surface area (Å²) in [6.07, 6.45) is 8.34. The van der Waals surface area contributed by atoms with E-state index in [0.29, 0.717) is 0 Å². The Balaban J connectivity index is 0.00000110. The van der Waals surface area contributed by atoms with E-state index in [9.17, 15) is 0 Å². The minimum absolute atomic E-state index is 0. The van der Waals surface area contributed by atoms with E-state index in [1.807, 2.05) is 17.9 Å². The first-order chi connectivity index (χ1) is 9.33. The number of rotatable bonds is 3. The largest absolute Gasteiger partial charge is 0.374 e. The van der Waals surface area contributed by atoms with Crippen LogP contribution in [0.4, 0.5) is 0 Å². The van der Waals surface area contributed by atoms with Gasteiger partial charge in [-0.25, -0.2) is 0 Å². The fraction of sp³-hybridized carbons (Fsp3) is 0.786. The molecule has 0 spiro atoms. The van der Waals surface area contributed by atoms with E-state index in [-0.39, 0.29) is 37.0 Å². The molecule has 2 atom stereocenters. The lowest BCUT2D eigenvalue weighted by Gasteiger charge is -2.37. The minimum atomic E-state index is 0. The summed E-state index contributed by atoms with van der Waals surface area (Å²) < 4.78 is 7.88. The zero-order valence-electron chi connectivity index (χ0n) is 12.5. The molecule has 0 radical (unpaired) electrons. The van der Waals surface area contributed by atoms with Crippen LogP contribution in [0.25, 0.3) is 0 Å². The van der Waals surface area contributed by atoms with E-state index >= 15 is 0 Å². The maximum absolute atomic E-state index is 6.02. The first-order valence-corrected chi connectivity index (χ1v) is 7.39. The first kappa shape index (κ1) is 18.7. The molecule has 2 fully saturated rings. The van der Waals surface area contributed by atoms with Crippen LogP contribution in [0.15, 0.2) is 12.4 Å². The summed E-state index contributed by atoms with van der Waals surface area (Å²) in [5.74, 6) is 0. The Labute approximate surface area is 139 Å². The van der Waals surface area contributed by atoms with Crippen LogP contribution in [0.5, 0.6) is 0 Å². The van der Waals surface area contributed by atoms with Crippen LogP contribution in [-0.2, 0) is 11.8 Å². The third-order valence-electron chi connectivity index (χ3n) is 4.14. The Morgan fingerprint density at radius 2 is 2.05 bits per heavy atom. The molecule has 3 rings (SSSR count). The second-order valence-electron chi connectivity index (χ2n) is 5.65. The van der Waals surface area contributed by atoms with Crippen molar-refractivity contribution in [1.29, 1.82) is 0 Å². The Kier molecular flexibility index (Phi) is 7.98. The maximum atomic E-state index is 6.02. The molecule has 0 unspecified atom stereocenters. The van der Waals surface area contributed by atoms with Gasteiger partial charge in [0.1, 0.15) is 0 Å². The standard InChI is InChI=1S/C14H24N4O.2ClH/c1-17-10-12(9-16-17)14-13(19-8-5-15-14)11-18-6-3-2-4-7-18;;/h9-10,13-15H,2-8,11H2,1H3;2*1H/t13-,14-;;/m0../s1. The van der Waals surface area contributed by atoms with Crippen molar-refractivity contribution < 1.29 is 4.74 Å². The Hall–Kier alpha value is -0.330. The summed E-state index contributed by atoms with van der Waals surface area (Å²) >= 11 is 0. The van der Waals surface area contributed by atoms with Crippen molar-refractivity contribution in [3.05, 3.63) is 18.0 Å². The molecule has 1 aromatic rings. The van der Waals surface area contributed by atoms with Gasteiger partial charge in [-0.05, 0) is 25.9 Å². The topological polar surface area (TPSA) is 42.3 Å². The van der Waals surface area contributed by atoms with Crippen LogP contribution in [0.3, 0.4) is 0 Å². The van der Waals surface area contributed by atoms with Gasteiger partial charge in [-0.15, -0.1) is 24.8 Å². The van der Waals surface area contributed by atoms with Gasteiger partial charge in [-0.2, -0.15) is 5.10 Å². The van der Waals surface area contributed by atoms with Crippen LogP contribution in [-0.4, -0.2) is 53.6 Å². The van der Waals surface area contributed by atoms with Gasteiger partial charge in [-0.1, -0.05) is 6.42 Å². The Bertz CT molecular complexity index is 409. The van der Waals surface area contributed by atoms with Gasteiger partial charge in [-0.3, -0.25) is 4.68 Å². The third kappa shape index (κ3) is 4.83. The number of halogens is 2. The monoisotopic (exact) mass is 336 g/mol. The number of piperidine rings is 1. The highest BCUT2D eigenvalue weighted by Crippen LogP contribution is 2.23. The molecule has 0 aromatic carbocycles. The summed E-state index contributed by atoms with van der Waals surface area (Å²) in [6.45, 7) is 5.22. The highest BCUT2D eigenvalue weighted by Gasteiger charge is 2.29. The number of nitrogens with one attached hydrogen (secondary N) is 1. The Morgan fingerprint density at radius 3 is 2.71 bits per heavy atom. The molecule has 1 aromatic heterocycles. The molecule has 3 heterocycles. The quantitative estimate of drug-likeness (QED) is 0.913. The van der Waals surface area contributed by atoms with Crippen LogP contribution in [0.2, 0.25) is 0 Å². The minimum Gasteiger partial charge on any atom is -0.374 e. The summed E-state index contributed by atoms with van der Waals surface area (Å²) in [5.41, 5.74) is 1.24. The number of aryl methyl sites for hydroxylation is 1. The molecule has 0 bridgehead atoms. The highest BCUT2D eigenvalue weighted by molar-refractivity contribution is 5.85. The summed E-state index contributed by atoms with van der Waals surface area (Å²) in [5, 5.41) is 7.86. The molecule has 21 heavy (non-hydrogen) atoms. The zero-order valence-corrected chi connectivity index (χ0v) is 14.2. The molecular formula is C14H26Cl2N4O. The average molecular weight is 337 g/mol. The lowest BCUT2D eigenvalue weighted by molar-refractivity contribution is -0.0270. The molecule has 2 aliphatic rings. The summed E-state index contributed by atoms with van der Waals surface area (Å²) in [4.78, 5) is 2.55. The maximum Gasteiger partial charge on any atom is 0.0898 e. The van der Waals surface area contributed by atoms with Gasteiger partial charge in [0.2, 0.25) is 0 Å². The second kappa shape index (κ2) is 8.96. The van der Waals surface area contributed by atoms with Crippen molar-refractivity contribution in [2.24, 2.45) is 7.05 Å². The molecule has 2 aliphatic heterocycles. The van der Waals surface area contributed by atoms with Crippen molar-refractivity contribution in [3.8, 4) is 0 Å². The normalized spacial score (nSPS) is 26.7. The number of aromatic nitrogens is 2. The molecule has 1 N–H and O–H groups in total. The van der Waals surface area contributed by atoms with E-state index in [1.54, 1.807) is 0 Å². The van der Waals surface area contributed by atoms with Gasteiger partial charge in [0.05, 0.1) is 24.9 Å².